The second-order valence-electron chi connectivity index (χ2n) is 3.19. The smallest absolute Gasteiger partial charge is 0.298 e. The van der Waals surface area contributed by atoms with Gasteiger partial charge < -0.3 is 4.90 Å². The maximum Gasteiger partial charge on any atom is 0.298 e. The van der Waals surface area contributed by atoms with Crippen LogP contribution in [0.2, 0.25) is 0 Å². The highest BCUT2D eigenvalue weighted by atomic mass is 16.2. The summed E-state index contributed by atoms with van der Waals surface area (Å²) in [7, 11) is 0. The summed E-state index contributed by atoms with van der Waals surface area (Å²) in [4.78, 5) is 13.1. The first-order valence-electron chi connectivity index (χ1n) is 4.43. The molecule has 1 atom stereocenters. The predicted octanol–water partition coefficient (Wildman–Crippen LogP) is -0.678. The topological polar surface area (TPSA) is 58.4 Å². The molecule has 0 bridgehead atoms. The van der Waals surface area contributed by atoms with Crippen molar-refractivity contribution in [1.29, 1.82) is 0 Å². The van der Waals surface area contributed by atoms with Gasteiger partial charge in [0.15, 0.2) is 0 Å². The molecule has 0 radical (unpaired) electrons. The Hall–Kier alpha value is -1.05. The van der Waals surface area contributed by atoms with E-state index in [4.69, 9.17) is 5.84 Å². The lowest BCUT2D eigenvalue weighted by molar-refractivity contribution is -0.124. The summed E-state index contributed by atoms with van der Waals surface area (Å²) in [5.41, 5.74) is 2.63. The lowest BCUT2D eigenvalue weighted by Gasteiger charge is -2.12. The molecule has 0 unspecified atom stereocenters. The number of carbonyl (C=O) groups excluding carboxylic acids is 1. The quantitative estimate of drug-likeness (QED) is 0.337. The minimum Gasteiger partial charge on any atom is -0.332 e. The number of likely N-dealkylation sites (tertiary alicyclic amines) is 1. The molecule has 1 heterocycles. The third kappa shape index (κ3) is 2.72. The average molecular weight is 181 g/mol. The summed E-state index contributed by atoms with van der Waals surface area (Å²) >= 11 is 0. The Kier molecular flexibility index (Phi) is 3.74. The summed E-state index contributed by atoms with van der Waals surface area (Å²) in [6.07, 6.45) is 1.02. The normalized spacial score (nSPS) is 21.1. The molecule has 1 rings (SSSR count). The number of rotatable bonds is 2. The second-order valence-corrected chi connectivity index (χ2v) is 3.19. The van der Waals surface area contributed by atoms with Crippen molar-refractivity contribution in [3.05, 3.63) is 0 Å². The van der Waals surface area contributed by atoms with E-state index in [0.29, 0.717) is 5.92 Å². The van der Waals surface area contributed by atoms with Crippen LogP contribution in [0.5, 0.6) is 0 Å². The van der Waals surface area contributed by atoms with Crippen LogP contribution in [0.15, 0.2) is 0 Å². The first-order valence-corrected chi connectivity index (χ1v) is 4.43. The van der Waals surface area contributed by atoms with Crippen molar-refractivity contribution in [1.82, 2.24) is 10.3 Å². The van der Waals surface area contributed by atoms with Crippen molar-refractivity contribution < 1.29 is 4.79 Å². The van der Waals surface area contributed by atoms with Gasteiger partial charge in [0.05, 0.1) is 0 Å². The maximum atomic E-state index is 11.3. The fourth-order valence-corrected chi connectivity index (χ4v) is 1.54. The molecule has 1 fully saturated rings. The number of carbonyl (C=O) groups is 1. The van der Waals surface area contributed by atoms with Crippen LogP contribution in [0.3, 0.4) is 0 Å². The molecule has 4 heteroatoms. The monoisotopic (exact) mass is 181 g/mol. The van der Waals surface area contributed by atoms with Crippen molar-refractivity contribution in [2.75, 3.05) is 19.6 Å². The van der Waals surface area contributed by atoms with Crippen molar-refractivity contribution in [2.45, 2.75) is 13.3 Å². The van der Waals surface area contributed by atoms with Gasteiger partial charge in [0.1, 0.15) is 0 Å². The lowest BCUT2D eigenvalue weighted by atomic mass is 10.1. The Morgan fingerprint density at radius 1 is 1.77 bits per heavy atom. The van der Waals surface area contributed by atoms with Crippen LogP contribution in [0.1, 0.15) is 13.3 Å². The van der Waals surface area contributed by atoms with Gasteiger partial charge in [0.2, 0.25) is 0 Å². The zero-order valence-corrected chi connectivity index (χ0v) is 7.84. The van der Waals surface area contributed by atoms with Crippen molar-refractivity contribution >= 4 is 5.91 Å². The van der Waals surface area contributed by atoms with Crippen molar-refractivity contribution in [3.8, 4) is 11.8 Å². The third-order valence-electron chi connectivity index (χ3n) is 2.21. The first-order chi connectivity index (χ1) is 6.27. The van der Waals surface area contributed by atoms with E-state index in [9.17, 15) is 4.79 Å². The Bertz CT molecular complexity index is 241. The Morgan fingerprint density at radius 3 is 3.15 bits per heavy atom. The molecule has 0 aliphatic carbocycles. The molecular formula is C9H15N3O. The van der Waals surface area contributed by atoms with Gasteiger partial charge in [-0.25, -0.2) is 0 Å². The van der Waals surface area contributed by atoms with Crippen LogP contribution < -0.4 is 11.3 Å². The second kappa shape index (κ2) is 4.85. The van der Waals surface area contributed by atoms with Crippen molar-refractivity contribution in [3.63, 3.8) is 0 Å². The zero-order chi connectivity index (χ0) is 9.68. The Labute approximate surface area is 78.4 Å². The van der Waals surface area contributed by atoms with Crippen LogP contribution in [0.25, 0.3) is 0 Å². The van der Waals surface area contributed by atoms with Gasteiger partial charge in [-0.1, -0.05) is 5.92 Å². The summed E-state index contributed by atoms with van der Waals surface area (Å²) in [5, 5.41) is 0. The van der Waals surface area contributed by atoms with E-state index in [2.05, 4.69) is 17.3 Å². The molecule has 1 amide bonds. The molecule has 0 aromatic heterocycles. The minimum absolute atomic E-state index is 0.0676. The molecule has 4 nitrogen and oxygen atoms in total. The summed E-state index contributed by atoms with van der Waals surface area (Å²) < 4.78 is 0. The zero-order valence-electron chi connectivity index (χ0n) is 7.84. The van der Waals surface area contributed by atoms with Gasteiger partial charge in [0, 0.05) is 19.6 Å². The molecule has 1 aliphatic heterocycles. The number of nitrogens with one attached hydrogen (secondary N) is 1. The Balaban J connectivity index is 2.39. The van der Waals surface area contributed by atoms with Crippen LogP contribution in [-0.4, -0.2) is 30.4 Å². The maximum absolute atomic E-state index is 11.3. The van der Waals surface area contributed by atoms with Crippen molar-refractivity contribution in [2.24, 2.45) is 11.8 Å². The highest BCUT2D eigenvalue weighted by molar-refractivity contribution is 5.93. The van der Waals surface area contributed by atoms with Gasteiger partial charge in [0.25, 0.3) is 5.91 Å². The number of hydrogen-bond acceptors (Lipinski definition) is 3. The largest absolute Gasteiger partial charge is 0.332 e. The average Bonchev–Trinajstić information content (AvgIpc) is 2.54. The molecule has 3 N–H and O–H groups in total. The molecule has 0 aromatic carbocycles. The number of nitrogens with two attached hydrogens (primary N) is 1. The molecular weight excluding hydrogens is 166 g/mol. The summed E-state index contributed by atoms with van der Waals surface area (Å²) in [6, 6.07) is 0. The van der Waals surface area contributed by atoms with E-state index in [1.165, 1.54) is 0 Å². The highest BCUT2D eigenvalue weighted by Gasteiger charge is 2.24. The number of amides is 1. The molecule has 0 saturated carbocycles. The standard InChI is InChI=1S/C9H15N3O/c1-2-3-9(13)12-5-4-8(7-12)6-11-10/h8,11H,4-7,10H2,1H3/t8-/m0/s1. The number of nitrogens with zero attached hydrogens (tertiary/aromatic N) is 1. The third-order valence-corrected chi connectivity index (χ3v) is 2.21. The summed E-state index contributed by atoms with van der Waals surface area (Å²) in [6.45, 7) is 4.02. The van der Waals surface area contributed by atoms with Gasteiger partial charge >= 0.3 is 0 Å². The van der Waals surface area contributed by atoms with E-state index in [1.54, 1.807) is 11.8 Å². The van der Waals surface area contributed by atoms with E-state index in [-0.39, 0.29) is 5.91 Å². The van der Waals surface area contributed by atoms with Gasteiger partial charge in [-0.3, -0.25) is 16.1 Å². The van der Waals surface area contributed by atoms with Crippen LogP contribution in [0, 0.1) is 17.8 Å². The fourth-order valence-electron chi connectivity index (χ4n) is 1.54. The predicted molar refractivity (Wildman–Crippen MR) is 50.3 cm³/mol. The van der Waals surface area contributed by atoms with Gasteiger partial charge in [-0.05, 0) is 25.2 Å². The van der Waals surface area contributed by atoms with E-state index < -0.39 is 0 Å². The van der Waals surface area contributed by atoms with Crippen LogP contribution in [0.4, 0.5) is 0 Å². The molecule has 1 aliphatic rings. The molecule has 13 heavy (non-hydrogen) atoms. The van der Waals surface area contributed by atoms with E-state index >= 15 is 0 Å². The van der Waals surface area contributed by atoms with E-state index in [0.717, 1.165) is 26.1 Å². The number of hydrazine groups is 1. The summed E-state index contributed by atoms with van der Waals surface area (Å²) in [5.74, 6) is 10.8. The van der Waals surface area contributed by atoms with Gasteiger partial charge in [-0.2, -0.15) is 0 Å². The SMILES string of the molecule is CC#CC(=O)N1CC[C@@H](CNN)C1. The van der Waals surface area contributed by atoms with Crippen LogP contribution >= 0.6 is 0 Å². The fraction of sp³-hybridized carbons (Fsp3) is 0.667. The van der Waals surface area contributed by atoms with E-state index in [1.807, 2.05) is 0 Å². The molecule has 0 aromatic rings. The Morgan fingerprint density at radius 2 is 2.54 bits per heavy atom. The minimum atomic E-state index is -0.0676. The molecule has 0 spiro atoms. The molecule has 72 valence electrons. The molecule has 1 saturated heterocycles. The van der Waals surface area contributed by atoms with Gasteiger partial charge in [-0.15, -0.1) is 0 Å². The highest BCUT2D eigenvalue weighted by Crippen LogP contribution is 2.14. The number of hydrogen-bond donors (Lipinski definition) is 2. The van der Waals surface area contributed by atoms with Crippen LogP contribution in [-0.2, 0) is 4.79 Å². The lowest BCUT2D eigenvalue weighted by Crippen LogP contribution is -2.32. The first kappa shape index (κ1) is 10.0.